The van der Waals surface area contributed by atoms with E-state index in [-0.39, 0.29) is 9.88 Å². The van der Waals surface area contributed by atoms with Gasteiger partial charge in [-0.1, -0.05) is 43.8 Å². The van der Waals surface area contributed by atoms with Crippen LogP contribution < -0.4 is 10.5 Å². The number of hydrogen-bond donors (Lipinski definition) is 2. The average Bonchev–Trinajstić information content (AvgIpc) is 2.46. The maximum Gasteiger partial charge on any atom is 0.241 e. The first-order valence-corrected chi connectivity index (χ1v) is 8.84. The Morgan fingerprint density at radius 3 is 2.62 bits per heavy atom. The number of sulfonamides is 1. The Kier molecular flexibility index (Phi) is 7.81. The second-order valence-electron chi connectivity index (χ2n) is 4.58. The molecule has 0 aliphatic rings. The third kappa shape index (κ3) is 6.09. The normalized spacial score (nSPS) is 11.5. The van der Waals surface area contributed by atoms with E-state index >= 15 is 0 Å². The van der Waals surface area contributed by atoms with Gasteiger partial charge in [-0.15, -0.1) is 0 Å². The topological polar surface area (TPSA) is 81.4 Å². The standard InChI is InChI=1S/C14H22N2O3S2/c1-2-3-10-19-11-6-9-16-21(17,18)13-8-5-4-7-12(13)14(15)20/h4-5,7-8,16H,2-3,6,9-11H2,1H3,(H2,15,20). The van der Waals surface area contributed by atoms with Crippen LogP contribution in [0.5, 0.6) is 0 Å². The van der Waals surface area contributed by atoms with Crippen molar-refractivity contribution in [2.75, 3.05) is 19.8 Å². The van der Waals surface area contributed by atoms with Gasteiger partial charge in [0.15, 0.2) is 0 Å². The number of unbranched alkanes of at least 4 members (excludes halogenated alkanes) is 1. The lowest BCUT2D eigenvalue weighted by Gasteiger charge is -2.10. The molecule has 118 valence electrons. The second kappa shape index (κ2) is 9.09. The third-order valence-electron chi connectivity index (χ3n) is 2.84. The Morgan fingerprint density at radius 1 is 1.29 bits per heavy atom. The monoisotopic (exact) mass is 330 g/mol. The molecule has 1 rings (SSSR count). The van der Waals surface area contributed by atoms with Crippen LogP contribution in [0.2, 0.25) is 0 Å². The molecule has 0 amide bonds. The van der Waals surface area contributed by atoms with E-state index < -0.39 is 10.0 Å². The largest absolute Gasteiger partial charge is 0.389 e. The number of benzene rings is 1. The van der Waals surface area contributed by atoms with Gasteiger partial charge in [0.2, 0.25) is 10.0 Å². The first-order valence-electron chi connectivity index (χ1n) is 6.95. The third-order valence-corrected chi connectivity index (χ3v) is 4.58. The number of nitrogens with two attached hydrogens (primary N) is 1. The Morgan fingerprint density at radius 2 is 1.95 bits per heavy atom. The molecule has 7 heteroatoms. The highest BCUT2D eigenvalue weighted by atomic mass is 32.2. The average molecular weight is 330 g/mol. The molecule has 0 aliphatic heterocycles. The van der Waals surface area contributed by atoms with Crippen LogP contribution in [0.4, 0.5) is 0 Å². The molecular weight excluding hydrogens is 308 g/mol. The van der Waals surface area contributed by atoms with Crippen LogP contribution in [0, 0.1) is 0 Å². The first-order chi connectivity index (χ1) is 9.99. The summed E-state index contributed by atoms with van der Waals surface area (Å²) in [6, 6.07) is 6.44. The van der Waals surface area contributed by atoms with Crippen molar-refractivity contribution in [3.8, 4) is 0 Å². The van der Waals surface area contributed by atoms with E-state index in [1.165, 1.54) is 6.07 Å². The van der Waals surface area contributed by atoms with Gasteiger partial charge in [-0.25, -0.2) is 13.1 Å². The predicted molar refractivity (Wildman–Crippen MR) is 87.9 cm³/mol. The Hall–Kier alpha value is -1.02. The summed E-state index contributed by atoms with van der Waals surface area (Å²) in [5, 5.41) is 0. The molecule has 1 aromatic rings. The lowest BCUT2D eigenvalue weighted by Crippen LogP contribution is -2.28. The van der Waals surface area contributed by atoms with Crippen LogP contribution in [-0.2, 0) is 14.8 Å². The van der Waals surface area contributed by atoms with Crippen molar-refractivity contribution in [2.45, 2.75) is 31.1 Å². The number of ether oxygens (including phenoxy) is 1. The number of hydrogen-bond acceptors (Lipinski definition) is 4. The van der Waals surface area contributed by atoms with Crippen LogP contribution >= 0.6 is 12.2 Å². The highest BCUT2D eigenvalue weighted by Gasteiger charge is 2.18. The molecule has 0 bridgehead atoms. The molecule has 0 fully saturated rings. The molecule has 0 spiro atoms. The van der Waals surface area contributed by atoms with Gasteiger partial charge in [-0.2, -0.15) is 0 Å². The molecule has 3 N–H and O–H groups in total. The van der Waals surface area contributed by atoms with Crippen molar-refractivity contribution in [3.05, 3.63) is 29.8 Å². The lowest BCUT2D eigenvalue weighted by atomic mass is 10.2. The van der Waals surface area contributed by atoms with E-state index in [4.69, 9.17) is 22.7 Å². The van der Waals surface area contributed by atoms with Crippen LogP contribution in [0.3, 0.4) is 0 Å². The highest BCUT2D eigenvalue weighted by Crippen LogP contribution is 2.15. The van der Waals surface area contributed by atoms with Crippen LogP contribution in [0.25, 0.3) is 0 Å². The molecule has 21 heavy (non-hydrogen) atoms. The number of rotatable bonds is 10. The van der Waals surface area contributed by atoms with Crippen molar-refractivity contribution in [1.29, 1.82) is 0 Å². The van der Waals surface area contributed by atoms with Gasteiger partial charge in [0.25, 0.3) is 0 Å². The second-order valence-corrected chi connectivity index (χ2v) is 6.75. The van der Waals surface area contributed by atoms with Gasteiger partial charge in [-0.05, 0) is 18.9 Å². The van der Waals surface area contributed by atoms with Crippen molar-refractivity contribution < 1.29 is 13.2 Å². The summed E-state index contributed by atoms with van der Waals surface area (Å²) < 4.78 is 32.4. The first kappa shape index (κ1) is 18.0. The minimum absolute atomic E-state index is 0.0684. The van der Waals surface area contributed by atoms with Crippen LogP contribution in [0.1, 0.15) is 31.7 Å². The zero-order chi connectivity index (χ0) is 15.7. The van der Waals surface area contributed by atoms with Gasteiger partial charge in [0, 0.05) is 25.3 Å². The van der Waals surface area contributed by atoms with E-state index in [1.54, 1.807) is 18.2 Å². The summed E-state index contributed by atoms with van der Waals surface area (Å²) in [6.07, 6.45) is 2.73. The summed E-state index contributed by atoms with van der Waals surface area (Å²) in [4.78, 5) is 0.184. The van der Waals surface area contributed by atoms with Crippen molar-refractivity contribution in [2.24, 2.45) is 5.73 Å². The predicted octanol–water partition coefficient (Wildman–Crippen LogP) is 1.81. The van der Waals surface area contributed by atoms with Gasteiger partial charge in [-0.3, -0.25) is 0 Å². The molecule has 5 nitrogen and oxygen atoms in total. The van der Waals surface area contributed by atoms with Gasteiger partial charge in [0.1, 0.15) is 4.99 Å². The number of thiocarbonyl (C=S) groups is 1. The van der Waals surface area contributed by atoms with Crippen molar-refractivity contribution in [3.63, 3.8) is 0 Å². The van der Waals surface area contributed by atoms with Gasteiger partial charge in [0.05, 0.1) is 4.90 Å². The maximum absolute atomic E-state index is 12.2. The Balaban J connectivity index is 2.53. The van der Waals surface area contributed by atoms with Crippen LogP contribution in [0.15, 0.2) is 29.2 Å². The minimum atomic E-state index is -3.61. The van der Waals surface area contributed by atoms with Gasteiger partial charge < -0.3 is 10.5 Å². The Labute approximate surface area is 131 Å². The van der Waals surface area contributed by atoms with E-state index in [0.29, 0.717) is 31.7 Å². The summed E-state index contributed by atoms with van der Waals surface area (Å²) in [6.45, 7) is 3.67. The molecule has 0 aromatic heterocycles. The SMILES string of the molecule is CCCCOCCCNS(=O)(=O)c1ccccc1C(N)=S. The fraction of sp³-hybridized carbons (Fsp3) is 0.500. The summed E-state index contributed by atoms with van der Waals surface area (Å²) in [5.41, 5.74) is 5.91. The minimum Gasteiger partial charge on any atom is -0.389 e. The fourth-order valence-corrected chi connectivity index (χ4v) is 3.25. The van der Waals surface area contributed by atoms with E-state index in [1.807, 2.05) is 0 Å². The molecule has 0 aliphatic carbocycles. The maximum atomic E-state index is 12.2. The lowest BCUT2D eigenvalue weighted by molar-refractivity contribution is 0.130. The summed E-state index contributed by atoms with van der Waals surface area (Å²) in [5.74, 6) is 0. The van der Waals surface area contributed by atoms with Crippen LogP contribution in [-0.4, -0.2) is 33.2 Å². The van der Waals surface area contributed by atoms with Crippen molar-refractivity contribution >= 4 is 27.2 Å². The molecule has 0 saturated heterocycles. The molecule has 0 radical (unpaired) electrons. The zero-order valence-corrected chi connectivity index (χ0v) is 13.8. The quantitative estimate of drug-likeness (QED) is 0.505. The fourth-order valence-electron chi connectivity index (χ4n) is 1.71. The number of nitrogens with one attached hydrogen (secondary N) is 1. The van der Waals surface area contributed by atoms with E-state index in [2.05, 4.69) is 11.6 Å². The molecule has 0 unspecified atom stereocenters. The van der Waals surface area contributed by atoms with Gasteiger partial charge >= 0.3 is 0 Å². The molecular formula is C14H22N2O3S2. The zero-order valence-electron chi connectivity index (χ0n) is 12.2. The van der Waals surface area contributed by atoms with Crippen molar-refractivity contribution in [1.82, 2.24) is 4.72 Å². The molecule has 1 aromatic carbocycles. The summed E-state index contributed by atoms with van der Waals surface area (Å²) >= 11 is 4.88. The smallest absolute Gasteiger partial charge is 0.241 e. The highest BCUT2D eigenvalue weighted by molar-refractivity contribution is 7.89. The molecule has 0 saturated carbocycles. The van der Waals surface area contributed by atoms with E-state index in [0.717, 1.165) is 12.8 Å². The molecule has 0 atom stereocenters. The summed E-state index contributed by atoms with van der Waals surface area (Å²) in [7, 11) is -3.61. The Bertz CT molecular complexity index is 559. The molecule has 0 heterocycles. The van der Waals surface area contributed by atoms with E-state index in [9.17, 15) is 8.42 Å².